The van der Waals surface area contributed by atoms with Gasteiger partial charge in [0.1, 0.15) is 105 Å². The molecule has 43 nitrogen and oxygen atoms in total. The summed E-state index contributed by atoms with van der Waals surface area (Å²) in [5.74, 6) is 0.198. The summed E-state index contributed by atoms with van der Waals surface area (Å²) in [6.07, 6.45) is 7.07. The fraction of sp³-hybridized carbons (Fsp3) is 0.409. The molecular weight excluding hydrogens is 1550 g/mol. The number of hydrogen-bond donors (Lipinski definition) is 8. The number of nitrogens with zero attached hydrogens (tertiary/aromatic N) is 9. The number of nitrogen functional groups attached to an aromatic ring is 8. The van der Waals surface area contributed by atoms with E-state index >= 15 is 0 Å². The Morgan fingerprint density at radius 2 is 0.899 bits per heavy atom. The van der Waals surface area contributed by atoms with Crippen molar-refractivity contribution in [3.63, 3.8) is 0 Å². The van der Waals surface area contributed by atoms with Crippen LogP contribution in [0.2, 0.25) is 0 Å². The molecule has 4 rings (SSSR count). The van der Waals surface area contributed by atoms with E-state index < -0.39 is 83.6 Å². The van der Waals surface area contributed by atoms with E-state index in [1.807, 2.05) is 6.92 Å². The molecule has 0 saturated heterocycles. The van der Waals surface area contributed by atoms with Crippen LogP contribution < -0.4 is 64.8 Å². The molecule has 0 fully saturated rings. The van der Waals surface area contributed by atoms with Gasteiger partial charge in [0.2, 0.25) is 47.4 Å². The molecule has 0 amide bonds. The van der Waals surface area contributed by atoms with Crippen molar-refractivity contribution in [1.29, 1.82) is 2.56 Å². The zero-order valence-corrected chi connectivity index (χ0v) is 64.5. The van der Waals surface area contributed by atoms with E-state index in [-0.39, 0.29) is 167 Å². The molecule has 0 radical (unpaired) electrons. The maximum Gasteiger partial charge on any atom is 0.399 e. The molecule has 9 unspecified atom stereocenters. The molecule has 0 aliphatic rings. The molecule has 0 aliphatic heterocycles. The van der Waals surface area contributed by atoms with E-state index in [0.29, 0.717) is 36.8 Å². The summed E-state index contributed by atoms with van der Waals surface area (Å²) >= 11 is 0. The van der Waals surface area contributed by atoms with E-state index in [1.165, 1.54) is 53.4 Å². The van der Waals surface area contributed by atoms with Gasteiger partial charge in [-0.15, -0.1) is 0 Å². The Hall–Kier alpha value is -6.38. The highest BCUT2D eigenvalue weighted by molar-refractivity contribution is 8.53. The van der Waals surface area contributed by atoms with Crippen LogP contribution in [0.5, 0.6) is 23.7 Å². The third-order valence-corrected chi connectivity index (χ3v) is 28.2. The van der Waals surface area contributed by atoms with Crippen molar-refractivity contribution in [1.82, 2.24) is 44.9 Å². The van der Waals surface area contributed by atoms with Gasteiger partial charge in [-0.05, 0) is 37.5 Å². The van der Waals surface area contributed by atoms with Crippen LogP contribution >= 0.6 is 97.1 Å². The minimum atomic E-state index is -2.75. The summed E-state index contributed by atoms with van der Waals surface area (Å²) in [7, 11) is -2.97. The average molecular weight is 1630 g/mol. The van der Waals surface area contributed by atoms with E-state index in [2.05, 4.69) is 73.1 Å². The smallest absolute Gasteiger partial charge is 0.399 e. The second kappa shape index (κ2) is 58.3. The third-order valence-electron chi connectivity index (χ3n) is 9.39. The standard InChI is InChI=1S/C12H17N4O6P2.C11H16N5O6P2.C11H21N4O6P3.C10H19N4O6P3.2HOP/c1-8(18)20-5-9(2-3-24(19)23-22-7-17)6-21-11-4-10(13)15-12(14)16-11;1-7(18)20-4-8(2-3-24(19)23-22-6-17)5-21-11-15-9(12)14-10(13)16-11;1-8(7-19-10-6-9(12)14-11(13)15-10)4-5-24(16,22-20-17-2)23-21-18-3;1-17-20-22-23(16,21-19-7-15)5-3-2-4-18-9-6-8(11)13-10(12)14-9;2*1-2/h2,4,7,23H,3,5-6H2,1H3,(H4,13,14,15,16);2,6,23H,3-5H2,1H3,(H4,12,13,14,15,16);4,6,22-23H,5,7H2,1-3H3,(H4,12,13,14,15);6-7,21-22H,2-5H2,1H3,(H4,11,12,13,14);2*2H/q2*+1;;;;/b9-2-;8-2+;8-4+;;;/i;;;;2*2D. The number of unbranched alkanes of at least 4 members (excludes halogenated alkanes) is 1. The summed E-state index contributed by atoms with van der Waals surface area (Å²) in [4.78, 5) is 99.6. The van der Waals surface area contributed by atoms with Crippen LogP contribution in [0.3, 0.4) is 0 Å². The molecule has 99 heavy (non-hydrogen) atoms. The zero-order chi connectivity index (χ0) is 76.4. The van der Waals surface area contributed by atoms with Crippen molar-refractivity contribution in [2.24, 2.45) is 0 Å². The number of allylic oxidation sites excluding steroid dienone is 3. The molecule has 4 aromatic rings. The minimum Gasteiger partial charge on any atom is -0.477 e. The molecule has 16 N–H and O–H groups in total. The van der Waals surface area contributed by atoms with Gasteiger partial charge >= 0.3 is 49.9 Å². The van der Waals surface area contributed by atoms with Crippen molar-refractivity contribution in [3.8, 4) is 23.7 Å². The predicted molar refractivity (Wildman–Crippen MR) is 379 cm³/mol. The van der Waals surface area contributed by atoms with Gasteiger partial charge < -0.3 is 97.0 Å². The second-order valence-corrected chi connectivity index (χ2v) is 43.0. The van der Waals surface area contributed by atoms with Gasteiger partial charge in [0.15, 0.2) is 25.4 Å². The van der Waals surface area contributed by atoms with Crippen molar-refractivity contribution >= 4 is 176 Å². The Morgan fingerprint density at radius 3 is 1.29 bits per heavy atom. The van der Waals surface area contributed by atoms with Crippen molar-refractivity contribution in [2.75, 3.05) is 131 Å². The molecule has 0 saturated carbocycles. The number of carbonyl (C=O) groups excluding carboxylic acids is 5. The van der Waals surface area contributed by atoms with Gasteiger partial charge in [-0.2, -0.15) is 44.9 Å². The summed E-state index contributed by atoms with van der Waals surface area (Å²) in [5, 5.41) is 0. The van der Waals surface area contributed by atoms with E-state index in [4.69, 9.17) is 100 Å². The normalized spacial score (nSPS) is 13.3. The molecule has 9 atom stereocenters. The summed E-state index contributed by atoms with van der Waals surface area (Å²) in [5.41, 5.74) is 45.8. The number of anilines is 8. The fourth-order valence-electron chi connectivity index (χ4n) is 5.50. The Kier molecular flexibility index (Phi) is 53.4. The maximum absolute atomic E-state index is 12.7. The summed E-state index contributed by atoms with van der Waals surface area (Å²) < 4.78 is 136. The van der Waals surface area contributed by atoms with Crippen LogP contribution in [0.1, 0.15) is 33.6 Å². The van der Waals surface area contributed by atoms with Crippen molar-refractivity contribution in [3.05, 3.63) is 53.1 Å². The Balaban J connectivity index is 0. The molecule has 0 aromatic carbocycles. The van der Waals surface area contributed by atoms with Gasteiger partial charge in [0, 0.05) is 55.5 Å². The first kappa shape index (κ1) is 90.6. The molecular formula is C44H75N17O26P12+2. The highest BCUT2D eigenvalue weighted by Crippen LogP contribution is 2.78. The summed E-state index contributed by atoms with van der Waals surface area (Å²) in [6, 6.07) is 4.23. The first-order valence-electron chi connectivity index (χ1n) is 27.3. The Labute approximate surface area is 584 Å². The number of aromatic nitrogens is 9. The predicted octanol–water partition coefficient (Wildman–Crippen LogP) is 6.81. The van der Waals surface area contributed by atoms with Crippen LogP contribution in [-0.2, 0) is 103 Å². The molecule has 550 valence electrons. The first-order valence-corrected chi connectivity index (χ1v) is 44.3. The zero-order valence-electron chi connectivity index (χ0n) is 55.1. The lowest BCUT2D eigenvalue weighted by Gasteiger charge is -2.14. The van der Waals surface area contributed by atoms with Crippen LogP contribution in [0.25, 0.3) is 0 Å². The van der Waals surface area contributed by atoms with E-state index in [9.17, 15) is 42.2 Å². The van der Waals surface area contributed by atoms with Gasteiger partial charge in [0.05, 0.1) is 27.9 Å². The maximum atomic E-state index is 12.7. The molecule has 4 heterocycles. The number of nitrogens with two attached hydrogens (primary N) is 8. The average Bonchev–Trinajstić information content (AvgIpc) is 0.929. The van der Waals surface area contributed by atoms with Crippen molar-refractivity contribution in [2.45, 2.75) is 33.6 Å². The Bertz CT molecular complexity index is 3190. The van der Waals surface area contributed by atoms with Gasteiger partial charge in [-0.1, -0.05) is 15.2 Å². The monoisotopic (exact) mass is 1630 g/mol. The van der Waals surface area contributed by atoms with Crippen LogP contribution in [-0.4, -0.2) is 164 Å². The lowest BCUT2D eigenvalue weighted by Crippen LogP contribution is -2.13. The highest BCUT2D eigenvalue weighted by Gasteiger charge is 2.26. The lowest BCUT2D eigenvalue weighted by molar-refractivity contribution is -0.165. The number of ether oxygens (including phenoxy) is 6. The van der Waals surface area contributed by atoms with Crippen LogP contribution in [0.4, 0.5) is 47.2 Å². The number of rotatable bonds is 43. The number of esters is 2. The Morgan fingerprint density at radius 1 is 0.515 bits per heavy atom. The molecule has 4 aromatic heterocycles. The van der Waals surface area contributed by atoms with E-state index in [1.54, 1.807) is 18.2 Å². The van der Waals surface area contributed by atoms with E-state index in [0.717, 1.165) is 5.57 Å². The summed E-state index contributed by atoms with van der Waals surface area (Å²) in [6.45, 7) is 0.0546. The molecule has 0 bridgehead atoms. The number of hydrogen-bond acceptors (Lipinski definition) is 43. The highest BCUT2D eigenvalue weighted by atomic mass is 32.5. The largest absolute Gasteiger partial charge is 0.477 e. The molecule has 0 aliphatic carbocycles. The SMILES string of the molecule is CC(=O)OC/C(=C/C[P+](=O)POC=O)COc1cc(N)nc(N)n1.CC(=O)OC/C(=C\C[P+](=O)POC=O)COc1nc(N)nc(N)n1.COOPP(=O)(C/C=C(\C)COc1cc(N)nc(N)n1)POOC.COOPP(=O)(CCCCOc1cc(N)nc(N)n1)POC=O.[2H]P=O.[2H]P=O. The quantitative estimate of drug-likeness (QED) is 0.00329. The van der Waals surface area contributed by atoms with Crippen LogP contribution in [0.15, 0.2) is 53.1 Å². The molecule has 55 heteroatoms. The minimum absolute atomic E-state index is 0.0179. The van der Waals surface area contributed by atoms with Gasteiger partial charge in [-0.25, -0.2) is 28.7 Å². The van der Waals surface area contributed by atoms with Gasteiger partial charge in [-0.3, -0.25) is 33.1 Å². The fourth-order valence-corrected chi connectivity index (χ4v) is 18.5. The first-order chi connectivity index (χ1) is 48.0. The second-order valence-electron chi connectivity index (χ2n) is 17.0. The third kappa shape index (κ3) is 51.4. The number of carbonyl (C=O) groups is 5. The van der Waals surface area contributed by atoms with Crippen LogP contribution in [0, 0.1) is 0 Å². The van der Waals surface area contributed by atoms with Crippen molar-refractivity contribution < 1.29 is 122 Å². The lowest BCUT2D eigenvalue weighted by atomic mass is 10.3. The van der Waals surface area contributed by atoms with Gasteiger partial charge in [0.25, 0.3) is 19.4 Å². The topological polar surface area (TPSA) is 650 Å². The molecule has 0 spiro atoms.